The highest BCUT2D eigenvalue weighted by Gasteiger charge is 2.11. The Balaban J connectivity index is 0.000000637. The van der Waals surface area contributed by atoms with Crippen LogP contribution < -0.4 is 0 Å². The molecule has 0 saturated carbocycles. The van der Waals surface area contributed by atoms with E-state index in [1.165, 1.54) is 16.7 Å². The van der Waals surface area contributed by atoms with E-state index in [1.807, 2.05) is 13.8 Å². The molecule has 0 fully saturated rings. The molecule has 0 aromatic heterocycles. The first kappa shape index (κ1) is 13.4. The topological polar surface area (TPSA) is 0 Å². The van der Waals surface area contributed by atoms with Gasteiger partial charge in [0.15, 0.2) is 0 Å². The van der Waals surface area contributed by atoms with Gasteiger partial charge in [-0.25, -0.2) is 0 Å². The molecular weight excluding hydrogens is 228 g/mol. The summed E-state index contributed by atoms with van der Waals surface area (Å²) < 4.78 is 0. The third-order valence-corrected chi connectivity index (χ3v) is 3.13. The summed E-state index contributed by atoms with van der Waals surface area (Å²) >= 11 is 0. The van der Waals surface area contributed by atoms with Crippen molar-refractivity contribution in [3.8, 4) is 0 Å². The Morgan fingerprint density at radius 3 is 1.95 bits per heavy atom. The second kappa shape index (κ2) is 6.75. The van der Waals surface area contributed by atoms with Gasteiger partial charge in [-0.05, 0) is 16.7 Å². The van der Waals surface area contributed by atoms with Gasteiger partial charge in [0, 0.05) is 5.92 Å². The van der Waals surface area contributed by atoms with E-state index in [1.54, 1.807) is 0 Å². The molecule has 0 saturated heterocycles. The van der Waals surface area contributed by atoms with E-state index in [-0.39, 0.29) is 0 Å². The lowest BCUT2D eigenvalue weighted by atomic mass is 10.00. The van der Waals surface area contributed by atoms with Crippen molar-refractivity contribution in [2.24, 2.45) is 0 Å². The number of hydrogen-bond donors (Lipinski definition) is 0. The van der Waals surface area contributed by atoms with Crippen LogP contribution in [0.4, 0.5) is 0 Å². The number of allylic oxidation sites excluding steroid dienone is 4. The van der Waals surface area contributed by atoms with E-state index in [0.29, 0.717) is 5.92 Å². The van der Waals surface area contributed by atoms with Gasteiger partial charge >= 0.3 is 0 Å². The fraction of sp³-hybridized carbons (Fsp3) is 0.158. The summed E-state index contributed by atoms with van der Waals surface area (Å²) in [5.74, 6) is 0.423. The molecule has 1 aliphatic rings. The lowest BCUT2D eigenvalue weighted by Gasteiger charge is -2.04. The van der Waals surface area contributed by atoms with Gasteiger partial charge in [-0.15, -0.1) is 0 Å². The van der Waals surface area contributed by atoms with Crippen molar-refractivity contribution in [3.63, 3.8) is 0 Å². The molecule has 96 valence electrons. The largest absolute Gasteiger partial charge is 0.0726 e. The Labute approximate surface area is 116 Å². The third kappa shape index (κ3) is 3.23. The SMILES string of the molecule is C1=CC(c2ccccc2)C=C1c1ccccc1.CC. The normalized spacial score (nSPS) is 16.5. The fourth-order valence-corrected chi connectivity index (χ4v) is 2.22. The van der Waals surface area contributed by atoms with Crippen LogP contribution in [0, 0.1) is 0 Å². The third-order valence-electron chi connectivity index (χ3n) is 3.13. The van der Waals surface area contributed by atoms with Crippen LogP contribution in [0.15, 0.2) is 78.9 Å². The number of rotatable bonds is 2. The van der Waals surface area contributed by atoms with Crippen molar-refractivity contribution in [2.75, 3.05) is 0 Å². The highest BCUT2D eigenvalue weighted by molar-refractivity contribution is 5.78. The van der Waals surface area contributed by atoms with Crippen molar-refractivity contribution in [2.45, 2.75) is 19.8 Å². The summed E-state index contributed by atoms with van der Waals surface area (Å²) in [5.41, 5.74) is 3.97. The Bertz CT molecular complexity index is 547. The molecule has 19 heavy (non-hydrogen) atoms. The van der Waals surface area contributed by atoms with Crippen molar-refractivity contribution >= 4 is 5.57 Å². The van der Waals surface area contributed by atoms with Crippen LogP contribution in [0.5, 0.6) is 0 Å². The highest BCUT2D eigenvalue weighted by atomic mass is 14.2. The maximum absolute atomic E-state index is 2.32. The molecule has 0 aliphatic heterocycles. The van der Waals surface area contributed by atoms with E-state index in [9.17, 15) is 0 Å². The Morgan fingerprint density at radius 2 is 1.32 bits per heavy atom. The van der Waals surface area contributed by atoms with Crippen LogP contribution in [0.2, 0.25) is 0 Å². The molecule has 2 aromatic rings. The maximum atomic E-state index is 2.32. The van der Waals surface area contributed by atoms with Crippen LogP contribution in [0.1, 0.15) is 30.9 Å². The molecule has 0 amide bonds. The van der Waals surface area contributed by atoms with E-state index in [2.05, 4.69) is 78.9 Å². The van der Waals surface area contributed by atoms with Crippen LogP contribution in [0.3, 0.4) is 0 Å². The lowest BCUT2D eigenvalue weighted by Crippen LogP contribution is -1.87. The molecule has 0 spiro atoms. The molecule has 0 heterocycles. The summed E-state index contributed by atoms with van der Waals surface area (Å²) in [7, 11) is 0. The average Bonchev–Trinajstić information content (AvgIpc) is 3.01. The zero-order valence-corrected chi connectivity index (χ0v) is 11.6. The van der Waals surface area contributed by atoms with Crippen LogP contribution in [0.25, 0.3) is 5.57 Å². The number of hydrogen-bond acceptors (Lipinski definition) is 0. The first-order valence-electron chi connectivity index (χ1n) is 6.94. The molecule has 0 radical (unpaired) electrons. The van der Waals surface area contributed by atoms with E-state index in [0.717, 1.165) is 0 Å². The first-order chi connectivity index (χ1) is 9.43. The Hall–Kier alpha value is -2.08. The maximum Gasteiger partial charge on any atom is 0.0210 e. The van der Waals surface area contributed by atoms with Crippen LogP contribution in [-0.4, -0.2) is 0 Å². The molecule has 0 N–H and O–H groups in total. The van der Waals surface area contributed by atoms with E-state index < -0.39 is 0 Å². The molecule has 1 aliphatic carbocycles. The minimum Gasteiger partial charge on any atom is -0.0726 e. The predicted molar refractivity (Wildman–Crippen MR) is 84.1 cm³/mol. The number of benzene rings is 2. The van der Waals surface area contributed by atoms with Gasteiger partial charge in [0.1, 0.15) is 0 Å². The van der Waals surface area contributed by atoms with Crippen LogP contribution >= 0.6 is 0 Å². The zero-order chi connectivity index (χ0) is 13.5. The first-order valence-corrected chi connectivity index (χ1v) is 6.94. The van der Waals surface area contributed by atoms with Crippen molar-refractivity contribution in [1.29, 1.82) is 0 Å². The summed E-state index contributed by atoms with van der Waals surface area (Å²) in [6.45, 7) is 4.00. The van der Waals surface area contributed by atoms with Gasteiger partial charge in [-0.1, -0.05) is 92.7 Å². The minimum absolute atomic E-state index is 0.423. The standard InChI is InChI=1S/C17H14.C2H6/c1-3-7-14(8-4-1)16-11-12-17(13-16)15-9-5-2-6-10-15;1-2/h1-13,16H;1-2H3. The van der Waals surface area contributed by atoms with Crippen molar-refractivity contribution < 1.29 is 0 Å². The summed E-state index contributed by atoms with van der Waals surface area (Å²) in [6, 6.07) is 21.1. The van der Waals surface area contributed by atoms with Gasteiger partial charge < -0.3 is 0 Å². The zero-order valence-electron chi connectivity index (χ0n) is 11.6. The van der Waals surface area contributed by atoms with Gasteiger partial charge in [-0.2, -0.15) is 0 Å². The Morgan fingerprint density at radius 1 is 0.737 bits per heavy atom. The average molecular weight is 248 g/mol. The van der Waals surface area contributed by atoms with Gasteiger partial charge in [0.25, 0.3) is 0 Å². The van der Waals surface area contributed by atoms with Crippen LogP contribution in [-0.2, 0) is 0 Å². The monoisotopic (exact) mass is 248 g/mol. The summed E-state index contributed by atoms with van der Waals surface area (Å²) in [4.78, 5) is 0. The predicted octanol–water partition coefficient (Wildman–Crippen LogP) is 5.45. The highest BCUT2D eigenvalue weighted by Crippen LogP contribution is 2.31. The lowest BCUT2D eigenvalue weighted by molar-refractivity contribution is 1.11. The summed E-state index contributed by atoms with van der Waals surface area (Å²) in [5, 5.41) is 0. The molecule has 0 nitrogen and oxygen atoms in total. The minimum atomic E-state index is 0.423. The Kier molecular flexibility index (Phi) is 4.74. The van der Waals surface area contributed by atoms with E-state index in [4.69, 9.17) is 0 Å². The molecule has 1 unspecified atom stereocenters. The second-order valence-electron chi connectivity index (χ2n) is 4.28. The van der Waals surface area contributed by atoms with Crippen molar-refractivity contribution in [1.82, 2.24) is 0 Å². The fourth-order valence-electron chi connectivity index (χ4n) is 2.22. The smallest absolute Gasteiger partial charge is 0.0210 e. The molecule has 2 aromatic carbocycles. The molecule has 3 rings (SSSR count). The second-order valence-corrected chi connectivity index (χ2v) is 4.28. The van der Waals surface area contributed by atoms with E-state index >= 15 is 0 Å². The summed E-state index contributed by atoms with van der Waals surface area (Å²) in [6.07, 6.45) is 6.80. The van der Waals surface area contributed by atoms with Gasteiger partial charge in [0.2, 0.25) is 0 Å². The van der Waals surface area contributed by atoms with Crippen molar-refractivity contribution in [3.05, 3.63) is 90.0 Å². The quantitative estimate of drug-likeness (QED) is 0.663. The molecular formula is C19H20. The van der Waals surface area contributed by atoms with Gasteiger partial charge in [0.05, 0.1) is 0 Å². The molecule has 0 bridgehead atoms. The van der Waals surface area contributed by atoms with Gasteiger partial charge in [-0.3, -0.25) is 0 Å². The molecule has 0 heteroatoms. The molecule has 1 atom stereocenters.